The van der Waals surface area contributed by atoms with E-state index in [2.05, 4.69) is 0 Å². The third-order valence-corrected chi connectivity index (χ3v) is 7.15. The van der Waals surface area contributed by atoms with Gasteiger partial charge in [-0.3, -0.25) is 9.93 Å². The molecule has 1 aromatic rings. The largest absolute Gasteiger partial charge is 0.508 e. The molecule has 1 amide bonds. The summed E-state index contributed by atoms with van der Waals surface area (Å²) in [6, 6.07) is 2.35. The Labute approximate surface area is 177 Å². The molecule has 3 atom stereocenters. The number of carbonyl (C=O) groups excluding carboxylic acids is 1. The van der Waals surface area contributed by atoms with E-state index in [0.29, 0.717) is 37.9 Å². The Kier molecular flexibility index (Phi) is 8.03. The molecule has 0 aliphatic carbocycles. The Bertz CT molecular complexity index is 771. The monoisotopic (exact) mass is 450 g/mol. The van der Waals surface area contributed by atoms with Gasteiger partial charge in [-0.25, -0.2) is 8.60 Å². The van der Waals surface area contributed by atoms with E-state index >= 15 is 0 Å². The highest BCUT2D eigenvalue weighted by atomic mass is 35.5. The van der Waals surface area contributed by atoms with Crippen molar-refractivity contribution in [3.05, 3.63) is 28.5 Å². The van der Waals surface area contributed by atoms with Crippen LogP contribution in [0.5, 0.6) is 5.75 Å². The van der Waals surface area contributed by atoms with Gasteiger partial charge in [0.15, 0.2) is 6.10 Å². The standard InChI is InChI=1S/C19H28ClFN2O5S/c1-19(2,29(22)28)9-13(12-7-14(20)15(21)8-16(12)25)11-3-5-23(6-4-11)18(27)17(26)10-24/h7-8,11,13,17,24-26H,3-6,9-10,22H2,1-2H3/t13-,17-,29?/m1/s1. The Morgan fingerprint density at radius 1 is 1.41 bits per heavy atom. The van der Waals surface area contributed by atoms with Crippen LogP contribution >= 0.6 is 11.6 Å². The summed E-state index contributed by atoms with van der Waals surface area (Å²) in [7, 11) is -1.63. The Morgan fingerprint density at radius 2 is 2.00 bits per heavy atom. The van der Waals surface area contributed by atoms with Crippen LogP contribution in [0, 0.1) is 11.7 Å². The van der Waals surface area contributed by atoms with E-state index < -0.39 is 40.2 Å². The zero-order chi connectivity index (χ0) is 21.9. The number of likely N-dealkylation sites (tertiary alicyclic amines) is 1. The number of hydrogen-bond acceptors (Lipinski definition) is 5. The zero-order valence-corrected chi connectivity index (χ0v) is 18.0. The molecule has 164 valence electrons. The van der Waals surface area contributed by atoms with Crippen molar-refractivity contribution in [2.24, 2.45) is 11.1 Å². The van der Waals surface area contributed by atoms with Gasteiger partial charge in [-0.05, 0) is 56.6 Å². The van der Waals surface area contributed by atoms with Crippen LogP contribution in [0.25, 0.3) is 0 Å². The molecule has 0 radical (unpaired) electrons. The second kappa shape index (κ2) is 9.70. The number of benzene rings is 1. The van der Waals surface area contributed by atoms with Crippen molar-refractivity contribution in [3.8, 4) is 5.75 Å². The van der Waals surface area contributed by atoms with E-state index in [1.165, 1.54) is 11.0 Å². The molecule has 1 unspecified atom stereocenters. The maximum absolute atomic E-state index is 13.7. The molecule has 0 aromatic heterocycles. The maximum Gasteiger partial charge on any atom is 0.253 e. The summed E-state index contributed by atoms with van der Waals surface area (Å²) in [5.41, 5.74) is 0.454. The lowest BCUT2D eigenvalue weighted by molar-refractivity contribution is -0.143. The predicted octanol–water partition coefficient (Wildman–Crippen LogP) is 1.65. The van der Waals surface area contributed by atoms with Crippen molar-refractivity contribution < 1.29 is 28.7 Å². The van der Waals surface area contributed by atoms with Crippen LogP contribution < -0.4 is 5.14 Å². The number of nitrogens with zero attached hydrogens (tertiary/aromatic N) is 1. The van der Waals surface area contributed by atoms with Crippen molar-refractivity contribution >= 4 is 28.5 Å². The molecule has 1 saturated heterocycles. The number of phenols is 1. The maximum atomic E-state index is 13.7. The molecule has 10 heteroatoms. The molecule has 1 aromatic carbocycles. The van der Waals surface area contributed by atoms with Crippen molar-refractivity contribution in [2.45, 2.75) is 49.9 Å². The topological polar surface area (TPSA) is 124 Å². The average Bonchev–Trinajstić information content (AvgIpc) is 2.68. The van der Waals surface area contributed by atoms with Crippen molar-refractivity contribution in [3.63, 3.8) is 0 Å². The summed E-state index contributed by atoms with van der Waals surface area (Å²) in [6.45, 7) is 3.60. The van der Waals surface area contributed by atoms with E-state index in [9.17, 15) is 23.6 Å². The minimum atomic E-state index is -1.63. The smallest absolute Gasteiger partial charge is 0.253 e. The minimum Gasteiger partial charge on any atom is -0.508 e. The van der Waals surface area contributed by atoms with E-state index in [0.717, 1.165) is 6.07 Å². The van der Waals surface area contributed by atoms with Gasteiger partial charge in [0.2, 0.25) is 0 Å². The summed E-state index contributed by atoms with van der Waals surface area (Å²) in [5.74, 6) is -1.81. The van der Waals surface area contributed by atoms with Crippen LogP contribution in [0.4, 0.5) is 4.39 Å². The molecule has 5 N–H and O–H groups in total. The number of aliphatic hydroxyl groups excluding tert-OH is 2. The van der Waals surface area contributed by atoms with Crippen molar-refractivity contribution in [1.82, 2.24) is 4.90 Å². The first-order chi connectivity index (χ1) is 13.5. The quantitative estimate of drug-likeness (QED) is 0.502. The van der Waals surface area contributed by atoms with Crippen molar-refractivity contribution in [2.75, 3.05) is 19.7 Å². The van der Waals surface area contributed by atoms with Gasteiger partial charge < -0.3 is 20.2 Å². The number of carbonyl (C=O) groups is 1. The summed E-state index contributed by atoms with van der Waals surface area (Å²) >= 11 is 5.94. The Balaban J connectivity index is 2.29. The van der Waals surface area contributed by atoms with Gasteiger partial charge in [-0.2, -0.15) is 0 Å². The fourth-order valence-electron chi connectivity index (χ4n) is 3.80. The lowest BCUT2D eigenvalue weighted by atomic mass is 9.75. The molecule has 1 aliphatic rings. The first-order valence-corrected chi connectivity index (χ1v) is 11.0. The SMILES string of the molecule is CC(C)(C[C@@H](c1cc(Cl)c(F)cc1O)C1CCN(C(=O)[C@H](O)CO)CC1)S(N)=O. The number of amides is 1. The molecular weight excluding hydrogens is 423 g/mol. The van der Waals surface area contributed by atoms with Crippen LogP contribution in [-0.2, 0) is 15.8 Å². The summed E-state index contributed by atoms with van der Waals surface area (Å²) in [6.07, 6.45) is 0.0247. The molecule has 0 bridgehead atoms. The Morgan fingerprint density at radius 3 is 2.52 bits per heavy atom. The number of piperidine rings is 1. The molecule has 7 nitrogen and oxygen atoms in total. The number of hydrogen-bond donors (Lipinski definition) is 4. The van der Waals surface area contributed by atoms with Gasteiger partial charge in [0.25, 0.3) is 5.91 Å². The van der Waals surface area contributed by atoms with Crippen LogP contribution in [0.15, 0.2) is 12.1 Å². The first kappa shape index (κ1) is 24.0. The predicted molar refractivity (Wildman–Crippen MR) is 109 cm³/mol. The van der Waals surface area contributed by atoms with Gasteiger partial charge >= 0.3 is 0 Å². The zero-order valence-electron chi connectivity index (χ0n) is 16.5. The molecule has 1 aliphatic heterocycles. The van der Waals surface area contributed by atoms with Gasteiger partial charge in [0, 0.05) is 19.2 Å². The number of aliphatic hydroxyl groups is 2. The lowest BCUT2D eigenvalue weighted by Crippen LogP contribution is -2.46. The third-order valence-electron chi connectivity index (χ3n) is 5.60. The second-order valence-electron chi connectivity index (χ2n) is 8.05. The van der Waals surface area contributed by atoms with E-state index in [1.807, 2.05) is 0 Å². The van der Waals surface area contributed by atoms with Gasteiger partial charge in [-0.15, -0.1) is 0 Å². The van der Waals surface area contributed by atoms with E-state index in [1.54, 1.807) is 13.8 Å². The van der Waals surface area contributed by atoms with Crippen LogP contribution in [0.1, 0.15) is 44.6 Å². The fraction of sp³-hybridized carbons (Fsp3) is 0.632. The fourth-order valence-corrected chi connectivity index (χ4v) is 4.32. The minimum absolute atomic E-state index is 0.0134. The van der Waals surface area contributed by atoms with Gasteiger partial charge in [-0.1, -0.05) is 11.6 Å². The molecular formula is C19H28ClFN2O5S. The van der Waals surface area contributed by atoms with E-state index in [-0.39, 0.29) is 22.6 Å². The molecule has 29 heavy (non-hydrogen) atoms. The molecule has 0 spiro atoms. The molecule has 2 rings (SSSR count). The number of nitrogens with two attached hydrogens (primary N) is 1. The second-order valence-corrected chi connectivity index (χ2v) is 10.2. The normalized spacial score (nSPS) is 19.1. The summed E-state index contributed by atoms with van der Waals surface area (Å²) in [5, 5.41) is 34.4. The average molecular weight is 451 g/mol. The van der Waals surface area contributed by atoms with E-state index in [4.69, 9.17) is 21.8 Å². The van der Waals surface area contributed by atoms with Crippen LogP contribution in [0.3, 0.4) is 0 Å². The van der Waals surface area contributed by atoms with Gasteiger partial charge in [0.05, 0.1) is 27.4 Å². The Hall–Kier alpha value is -1.26. The van der Waals surface area contributed by atoms with Crippen molar-refractivity contribution in [1.29, 1.82) is 0 Å². The highest BCUT2D eigenvalue weighted by molar-refractivity contribution is 7.84. The van der Waals surface area contributed by atoms with Gasteiger partial charge in [0.1, 0.15) is 11.6 Å². The number of halogens is 2. The van der Waals surface area contributed by atoms with Crippen LogP contribution in [-0.4, -0.2) is 60.9 Å². The highest BCUT2D eigenvalue weighted by Crippen LogP contribution is 2.43. The molecule has 1 fully saturated rings. The lowest BCUT2D eigenvalue weighted by Gasteiger charge is -2.39. The number of rotatable bonds is 7. The number of aromatic hydroxyl groups is 1. The molecule has 0 saturated carbocycles. The third kappa shape index (κ3) is 5.67. The highest BCUT2D eigenvalue weighted by Gasteiger charge is 2.37. The number of phenolic OH excluding ortho intramolecular Hbond substituents is 1. The summed E-state index contributed by atoms with van der Waals surface area (Å²) < 4.78 is 25.0. The first-order valence-electron chi connectivity index (χ1n) is 9.39. The summed E-state index contributed by atoms with van der Waals surface area (Å²) in [4.78, 5) is 13.6. The van der Waals surface area contributed by atoms with Crippen LogP contribution in [0.2, 0.25) is 5.02 Å². The molecule has 1 heterocycles.